The first kappa shape index (κ1) is 25.2. The lowest BCUT2D eigenvalue weighted by atomic mass is 10.1. The molecule has 0 bridgehead atoms. The van der Waals surface area contributed by atoms with Gasteiger partial charge < -0.3 is 19.9 Å². The van der Waals surface area contributed by atoms with E-state index in [9.17, 15) is 19.5 Å². The molecule has 2 aromatic heterocycles. The van der Waals surface area contributed by atoms with Crippen LogP contribution in [0.4, 0.5) is 0 Å². The van der Waals surface area contributed by atoms with E-state index < -0.39 is 11.5 Å². The summed E-state index contributed by atoms with van der Waals surface area (Å²) in [5.41, 5.74) is 0.359. The first-order valence-corrected chi connectivity index (χ1v) is 12.0. The number of amides is 1. The van der Waals surface area contributed by atoms with Crippen molar-refractivity contribution in [2.24, 2.45) is 0 Å². The van der Waals surface area contributed by atoms with Crippen LogP contribution < -0.4 is 20.3 Å². The van der Waals surface area contributed by atoms with Crippen LogP contribution in [-0.2, 0) is 17.8 Å². The second-order valence-electron chi connectivity index (χ2n) is 7.90. The van der Waals surface area contributed by atoms with Gasteiger partial charge in [0, 0.05) is 17.8 Å². The fourth-order valence-electron chi connectivity index (χ4n) is 3.59. The van der Waals surface area contributed by atoms with Gasteiger partial charge in [0.1, 0.15) is 17.2 Å². The zero-order chi connectivity index (χ0) is 24.8. The van der Waals surface area contributed by atoms with Crippen molar-refractivity contribution in [1.82, 2.24) is 14.9 Å². The lowest BCUT2D eigenvalue weighted by Crippen LogP contribution is -2.35. The minimum Gasteiger partial charge on any atom is -0.490 e. The number of fused-ring (bicyclic) bond motifs is 1. The van der Waals surface area contributed by atoms with Crippen LogP contribution in [-0.4, -0.2) is 46.3 Å². The number of carbonyl (C=O) groups is 2. The second kappa shape index (κ2) is 11.1. The summed E-state index contributed by atoms with van der Waals surface area (Å²) in [6.07, 6.45) is 0.565. The van der Waals surface area contributed by atoms with E-state index >= 15 is 0 Å². The molecule has 0 aliphatic rings. The van der Waals surface area contributed by atoms with E-state index in [0.717, 1.165) is 16.9 Å². The number of nitrogens with one attached hydrogen (secondary N) is 1. The predicted molar refractivity (Wildman–Crippen MR) is 130 cm³/mol. The summed E-state index contributed by atoms with van der Waals surface area (Å²) >= 11 is 1.11. The van der Waals surface area contributed by atoms with Crippen molar-refractivity contribution in [2.75, 3.05) is 19.8 Å². The molecule has 0 fully saturated rings. The van der Waals surface area contributed by atoms with E-state index in [4.69, 9.17) is 9.47 Å². The van der Waals surface area contributed by atoms with Crippen molar-refractivity contribution < 1.29 is 24.2 Å². The molecule has 0 saturated carbocycles. The molecule has 0 radical (unpaired) electrons. The van der Waals surface area contributed by atoms with Crippen molar-refractivity contribution in [1.29, 1.82) is 0 Å². The molecule has 182 valence electrons. The quantitative estimate of drug-likeness (QED) is 0.425. The lowest BCUT2D eigenvalue weighted by molar-refractivity contribution is -0.121. The molecule has 3 rings (SSSR count). The Labute approximate surface area is 201 Å². The molecule has 0 saturated heterocycles. The molecule has 0 aliphatic heterocycles. The molecule has 0 unspecified atom stereocenters. The fraction of sp³-hybridized carbons (Fsp3) is 0.417. The first-order chi connectivity index (χ1) is 16.3. The van der Waals surface area contributed by atoms with Crippen molar-refractivity contribution in [2.45, 2.75) is 46.6 Å². The van der Waals surface area contributed by atoms with Crippen molar-refractivity contribution in [3.8, 4) is 11.5 Å². The molecule has 0 aliphatic carbocycles. The smallest absolute Gasteiger partial charge is 0.337 e. The zero-order valence-corrected chi connectivity index (χ0v) is 20.5. The summed E-state index contributed by atoms with van der Waals surface area (Å²) in [6, 6.07) is 5.66. The van der Waals surface area contributed by atoms with Gasteiger partial charge in [-0.05, 0) is 38.0 Å². The first-order valence-electron chi connectivity index (χ1n) is 11.2. The molecule has 0 atom stereocenters. The van der Waals surface area contributed by atoms with E-state index in [2.05, 4.69) is 10.3 Å². The fourth-order valence-corrected chi connectivity index (χ4v) is 4.50. The normalized spacial score (nSPS) is 11.1. The lowest BCUT2D eigenvalue weighted by Gasteiger charge is -2.15. The Hall–Kier alpha value is -3.40. The number of aromatic carboxylic acids is 1. The maximum Gasteiger partial charge on any atom is 0.337 e. The van der Waals surface area contributed by atoms with Crippen LogP contribution in [0.15, 0.2) is 28.4 Å². The van der Waals surface area contributed by atoms with Gasteiger partial charge in [-0.25, -0.2) is 9.78 Å². The largest absolute Gasteiger partial charge is 0.490 e. The third kappa shape index (κ3) is 5.56. The predicted octanol–water partition coefficient (Wildman–Crippen LogP) is 3.44. The summed E-state index contributed by atoms with van der Waals surface area (Å²) in [5, 5.41) is 13.7. The number of carboxylic acids is 1. The average molecular weight is 488 g/mol. The molecule has 34 heavy (non-hydrogen) atoms. The van der Waals surface area contributed by atoms with Gasteiger partial charge in [-0.2, -0.15) is 0 Å². The maximum atomic E-state index is 13.1. The van der Waals surface area contributed by atoms with E-state index in [1.54, 1.807) is 0 Å². The number of ether oxygens (including phenoxy) is 2. The SMILES string of the molecule is CCOc1ccc(CCNC(=O)Cn2c(C(C)C)nc3scc(C(=O)O)c3c2=O)cc1OCC. The number of benzene rings is 1. The molecular formula is C24H29N3O6S. The second-order valence-corrected chi connectivity index (χ2v) is 8.76. The molecule has 9 nitrogen and oxygen atoms in total. The summed E-state index contributed by atoms with van der Waals surface area (Å²) in [6.45, 7) is 8.72. The Morgan fingerprint density at radius 2 is 1.88 bits per heavy atom. The Bertz CT molecular complexity index is 1250. The number of thiophene rings is 1. The monoisotopic (exact) mass is 487 g/mol. The van der Waals surface area contributed by atoms with E-state index in [0.29, 0.717) is 48.3 Å². The highest BCUT2D eigenvalue weighted by Crippen LogP contribution is 2.28. The number of aromatic nitrogens is 2. The van der Waals surface area contributed by atoms with Gasteiger partial charge in [0.15, 0.2) is 11.5 Å². The number of carbonyl (C=O) groups excluding carboxylic acids is 1. The van der Waals surface area contributed by atoms with Crippen LogP contribution in [0.1, 0.15) is 55.4 Å². The van der Waals surface area contributed by atoms with Crippen LogP contribution >= 0.6 is 11.3 Å². The van der Waals surface area contributed by atoms with Crippen LogP contribution in [0.3, 0.4) is 0 Å². The van der Waals surface area contributed by atoms with Gasteiger partial charge in [-0.1, -0.05) is 19.9 Å². The van der Waals surface area contributed by atoms with Crippen LogP contribution in [0.5, 0.6) is 11.5 Å². The van der Waals surface area contributed by atoms with Crippen LogP contribution in [0.25, 0.3) is 10.2 Å². The van der Waals surface area contributed by atoms with Crippen LogP contribution in [0, 0.1) is 0 Å². The van der Waals surface area contributed by atoms with E-state index in [-0.39, 0.29) is 29.3 Å². The third-order valence-electron chi connectivity index (χ3n) is 5.12. The highest BCUT2D eigenvalue weighted by atomic mass is 32.1. The summed E-state index contributed by atoms with van der Waals surface area (Å²) in [5.74, 6) is 0.106. The van der Waals surface area contributed by atoms with Gasteiger partial charge in [-0.15, -0.1) is 11.3 Å². The van der Waals surface area contributed by atoms with Gasteiger partial charge >= 0.3 is 5.97 Å². The minimum atomic E-state index is -1.19. The highest BCUT2D eigenvalue weighted by molar-refractivity contribution is 7.17. The minimum absolute atomic E-state index is 0.0348. The summed E-state index contributed by atoms with van der Waals surface area (Å²) in [4.78, 5) is 42.2. The van der Waals surface area contributed by atoms with Gasteiger partial charge in [0.05, 0.1) is 24.2 Å². The van der Waals surface area contributed by atoms with Gasteiger partial charge in [0.25, 0.3) is 5.56 Å². The molecule has 3 aromatic rings. The maximum absolute atomic E-state index is 13.1. The number of rotatable bonds is 11. The number of hydrogen-bond donors (Lipinski definition) is 2. The van der Waals surface area contributed by atoms with E-state index in [1.165, 1.54) is 9.95 Å². The standard InChI is InChI=1S/C24H29N3O6S/c1-5-32-17-8-7-15(11-18(17)33-6-2)9-10-25-19(28)12-27-21(14(3)4)26-22-20(23(27)29)16(13-34-22)24(30)31/h7-8,11,13-14H,5-6,9-10,12H2,1-4H3,(H,25,28)(H,30,31). The topological polar surface area (TPSA) is 120 Å². The van der Waals surface area contributed by atoms with Gasteiger partial charge in [0.2, 0.25) is 5.91 Å². The Morgan fingerprint density at radius 1 is 1.18 bits per heavy atom. The van der Waals surface area contributed by atoms with Crippen molar-refractivity contribution >= 4 is 33.4 Å². The third-order valence-corrected chi connectivity index (χ3v) is 5.99. The zero-order valence-electron chi connectivity index (χ0n) is 19.7. The molecule has 2 heterocycles. The Kier molecular flexibility index (Phi) is 8.27. The van der Waals surface area contributed by atoms with Crippen molar-refractivity contribution in [3.63, 3.8) is 0 Å². The van der Waals surface area contributed by atoms with Crippen molar-refractivity contribution in [3.05, 3.63) is 50.9 Å². The molecule has 2 N–H and O–H groups in total. The Morgan fingerprint density at radius 3 is 2.53 bits per heavy atom. The average Bonchev–Trinajstić information content (AvgIpc) is 3.22. The summed E-state index contributed by atoms with van der Waals surface area (Å²) < 4.78 is 12.5. The molecule has 1 amide bonds. The van der Waals surface area contributed by atoms with E-state index in [1.807, 2.05) is 45.9 Å². The van der Waals surface area contributed by atoms with Gasteiger partial charge in [-0.3, -0.25) is 14.2 Å². The molecule has 0 spiro atoms. The number of hydrogen-bond acceptors (Lipinski definition) is 7. The summed E-state index contributed by atoms with van der Waals surface area (Å²) in [7, 11) is 0. The molecule has 1 aromatic carbocycles. The van der Waals surface area contributed by atoms with Crippen LogP contribution in [0.2, 0.25) is 0 Å². The Balaban J connectivity index is 1.74. The highest BCUT2D eigenvalue weighted by Gasteiger charge is 2.22. The molecule has 10 heteroatoms. The number of nitrogens with zero attached hydrogens (tertiary/aromatic N) is 2. The number of carboxylic acid groups (broad SMARTS) is 1. The molecular weight excluding hydrogens is 458 g/mol.